The molecule has 2 nitrogen and oxygen atoms in total. The molecule has 2 aromatic carbocycles. The highest BCUT2D eigenvalue weighted by atomic mass is 28.5. The summed E-state index contributed by atoms with van der Waals surface area (Å²) in [5.74, 6) is 0.933. The van der Waals surface area contributed by atoms with Crippen molar-refractivity contribution in [2.45, 2.75) is 72.3 Å². The zero-order valence-electron chi connectivity index (χ0n) is 19.1. The standard InChI is InChI=1S/C23H37O2Si3/c1-18(2)20-14-10-12-16-22(20)26(24-28(8,9)25-27(5,6)7)23-17-13-11-15-21(23)19(3)4/h10-19H,1-9H3. The predicted molar refractivity (Wildman–Crippen MR) is 129 cm³/mol. The number of rotatable bonds is 8. The van der Waals surface area contributed by atoms with Gasteiger partial charge in [0, 0.05) is 0 Å². The van der Waals surface area contributed by atoms with E-state index in [0.29, 0.717) is 11.8 Å². The Kier molecular flexibility index (Phi) is 7.67. The van der Waals surface area contributed by atoms with Crippen molar-refractivity contribution in [3.63, 3.8) is 0 Å². The zero-order chi connectivity index (χ0) is 21.1. The number of hydrogen-bond donors (Lipinski definition) is 0. The predicted octanol–water partition coefficient (Wildman–Crippen LogP) is 5.61. The minimum Gasteiger partial charge on any atom is -0.437 e. The molecule has 0 aromatic heterocycles. The quantitative estimate of drug-likeness (QED) is 0.508. The first kappa shape index (κ1) is 23.3. The molecule has 5 heteroatoms. The molecular formula is C23H37O2Si3. The van der Waals surface area contributed by atoms with Crippen LogP contribution in [0.25, 0.3) is 0 Å². The van der Waals surface area contributed by atoms with Crippen molar-refractivity contribution in [1.82, 2.24) is 0 Å². The average molecular weight is 430 g/mol. The molecule has 0 amide bonds. The highest BCUT2D eigenvalue weighted by Gasteiger charge is 2.37. The third-order valence-corrected chi connectivity index (χ3v) is 13.6. The fraction of sp³-hybridized carbons (Fsp3) is 0.478. The molecule has 0 atom stereocenters. The summed E-state index contributed by atoms with van der Waals surface area (Å²) >= 11 is 0. The molecule has 153 valence electrons. The van der Waals surface area contributed by atoms with Gasteiger partial charge in [-0.05, 0) is 66.1 Å². The zero-order valence-corrected chi connectivity index (χ0v) is 22.1. The minimum absolute atomic E-state index is 0.466. The Balaban J connectivity index is 2.61. The molecule has 0 aliphatic heterocycles. The average Bonchev–Trinajstić information content (AvgIpc) is 2.57. The first-order chi connectivity index (χ1) is 12.9. The van der Waals surface area contributed by atoms with Crippen molar-refractivity contribution >= 4 is 36.3 Å². The summed E-state index contributed by atoms with van der Waals surface area (Å²) in [5.41, 5.74) is 2.79. The fourth-order valence-electron chi connectivity index (χ4n) is 3.67. The lowest BCUT2D eigenvalue weighted by atomic mass is 10.0. The van der Waals surface area contributed by atoms with Crippen LogP contribution in [0.5, 0.6) is 0 Å². The molecule has 0 aliphatic rings. The molecule has 1 radical (unpaired) electrons. The van der Waals surface area contributed by atoms with Gasteiger partial charge in [0.2, 0.25) is 0 Å². The molecule has 0 saturated heterocycles. The van der Waals surface area contributed by atoms with E-state index >= 15 is 0 Å². The Labute approximate surface area is 176 Å². The van der Waals surface area contributed by atoms with Gasteiger partial charge in [0.1, 0.15) is 0 Å². The van der Waals surface area contributed by atoms with Crippen LogP contribution in [0.3, 0.4) is 0 Å². The Bertz CT molecular complexity index is 728. The summed E-state index contributed by atoms with van der Waals surface area (Å²) in [5, 5.41) is 2.74. The first-order valence-electron chi connectivity index (χ1n) is 10.4. The largest absolute Gasteiger partial charge is 0.437 e. The van der Waals surface area contributed by atoms with Gasteiger partial charge in [-0.15, -0.1) is 0 Å². The van der Waals surface area contributed by atoms with E-state index in [-0.39, 0.29) is 0 Å². The maximum absolute atomic E-state index is 7.02. The van der Waals surface area contributed by atoms with Crippen LogP contribution in [-0.4, -0.2) is 25.9 Å². The monoisotopic (exact) mass is 429 g/mol. The van der Waals surface area contributed by atoms with Gasteiger partial charge in [0.05, 0.1) is 0 Å². The van der Waals surface area contributed by atoms with Crippen molar-refractivity contribution < 1.29 is 8.23 Å². The summed E-state index contributed by atoms with van der Waals surface area (Å²) < 4.78 is 13.6. The third-order valence-electron chi connectivity index (χ3n) is 4.55. The van der Waals surface area contributed by atoms with E-state index in [1.807, 2.05) is 0 Å². The van der Waals surface area contributed by atoms with Gasteiger partial charge < -0.3 is 8.23 Å². The van der Waals surface area contributed by atoms with Crippen molar-refractivity contribution in [2.75, 3.05) is 0 Å². The van der Waals surface area contributed by atoms with Gasteiger partial charge >= 0.3 is 8.56 Å². The molecule has 0 bridgehead atoms. The highest BCUT2D eigenvalue weighted by molar-refractivity contribution is 6.90. The van der Waals surface area contributed by atoms with Crippen LogP contribution < -0.4 is 10.4 Å². The van der Waals surface area contributed by atoms with Crippen molar-refractivity contribution in [1.29, 1.82) is 0 Å². The smallest absolute Gasteiger partial charge is 0.311 e. The first-order valence-corrected chi connectivity index (χ1v) is 18.0. The van der Waals surface area contributed by atoms with E-state index in [4.69, 9.17) is 8.23 Å². The SMILES string of the molecule is CC(C)c1ccccc1[Si](O[Si](C)(C)O[Si](C)(C)C)c1ccccc1C(C)C. The second-order valence-corrected chi connectivity index (χ2v) is 19.9. The molecule has 0 heterocycles. The van der Waals surface area contributed by atoms with E-state index in [2.05, 4.69) is 109 Å². The normalized spacial score (nSPS) is 13.0. The Morgan fingerprint density at radius 1 is 0.679 bits per heavy atom. The van der Waals surface area contributed by atoms with Gasteiger partial charge in [-0.3, -0.25) is 0 Å². The second kappa shape index (κ2) is 9.22. The van der Waals surface area contributed by atoms with Gasteiger partial charge in [-0.25, -0.2) is 0 Å². The molecule has 0 N–H and O–H groups in total. The summed E-state index contributed by atoms with van der Waals surface area (Å²) in [6.07, 6.45) is 0. The van der Waals surface area contributed by atoms with Crippen LogP contribution in [0.4, 0.5) is 0 Å². The van der Waals surface area contributed by atoms with Crippen LogP contribution in [0.1, 0.15) is 50.7 Å². The van der Waals surface area contributed by atoms with Gasteiger partial charge in [0.25, 0.3) is 9.04 Å². The van der Waals surface area contributed by atoms with E-state index in [0.717, 1.165) is 0 Å². The van der Waals surface area contributed by atoms with Crippen LogP contribution in [0.15, 0.2) is 48.5 Å². The van der Waals surface area contributed by atoms with E-state index in [9.17, 15) is 0 Å². The summed E-state index contributed by atoms with van der Waals surface area (Å²) in [4.78, 5) is 0. The Morgan fingerprint density at radius 2 is 1.07 bits per heavy atom. The maximum atomic E-state index is 7.02. The van der Waals surface area contributed by atoms with E-state index < -0.39 is 25.9 Å². The van der Waals surface area contributed by atoms with Crippen molar-refractivity contribution in [3.05, 3.63) is 59.7 Å². The number of benzene rings is 2. The van der Waals surface area contributed by atoms with Crippen LogP contribution in [-0.2, 0) is 8.23 Å². The summed E-state index contributed by atoms with van der Waals surface area (Å²) in [7, 11) is -5.37. The molecule has 2 rings (SSSR count). The molecule has 28 heavy (non-hydrogen) atoms. The lowest BCUT2D eigenvalue weighted by Crippen LogP contribution is -2.57. The maximum Gasteiger partial charge on any atom is 0.311 e. The van der Waals surface area contributed by atoms with Crippen LogP contribution >= 0.6 is 0 Å². The molecular weight excluding hydrogens is 393 g/mol. The van der Waals surface area contributed by atoms with Gasteiger partial charge in [-0.2, -0.15) is 0 Å². The van der Waals surface area contributed by atoms with Gasteiger partial charge in [-0.1, -0.05) is 76.2 Å². The third kappa shape index (κ3) is 6.26. The summed E-state index contributed by atoms with van der Waals surface area (Å²) in [6.45, 7) is 20.3. The fourth-order valence-corrected chi connectivity index (χ4v) is 15.0. The van der Waals surface area contributed by atoms with Crippen molar-refractivity contribution in [3.8, 4) is 0 Å². The van der Waals surface area contributed by atoms with Crippen molar-refractivity contribution in [2.24, 2.45) is 0 Å². The van der Waals surface area contributed by atoms with E-state index in [1.165, 1.54) is 21.5 Å². The lowest BCUT2D eigenvalue weighted by molar-refractivity contribution is 0.408. The molecule has 0 fully saturated rings. The Hall–Kier alpha value is -0.989. The molecule has 0 spiro atoms. The molecule has 0 saturated carbocycles. The van der Waals surface area contributed by atoms with Crippen LogP contribution in [0.2, 0.25) is 32.7 Å². The highest BCUT2D eigenvalue weighted by Crippen LogP contribution is 2.21. The number of hydrogen-bond acceptors (Lipinski definition) is 2. The topological polar surface area (TPSA) is 18.5 Å². The van der Waals surface area contributed by atoms with E-state index in [1.54, 1.807) is 0 Å². The molecule has 0 aliphatic carbocycles. The Morgan fingerprint density at radius 3 is 1.43 bits per heavy atom. The van der Waals surface area contributed by atoms with Gasteiger partial charge in [0.15, 0.2) is 8.32 Å². The summed E-state index contributed by atoms with van der Waals surface area (Å²) in [6, 6.07) is 17.7. The molecule has 2 aromatic rings. The lowest BCUT2D eigenvalue weighted by Gasteiger charge is -2.35. The van der Waals surface area contributed by atoms with Crippen LogP contribution in [0, 0.1) is 0 Å². The minimum atomic E-state index is -2.28. The second-order valence-electron chi connectivity index (χ2n) is 9.53. The molecule has 0 unspecified atom stereocenters.